The highest BCUT2D eigenvalue weighted by Crippen LogP contribution is 2.40. The van der Waals surface area contributed by atoms with Gasteiger partial charge >= 0.3 is 0 Å². The fourth-order valence-electron chi connectivity index (χ4n) is 3.57. The van der Waals surface area contributed by atoms with Crippen molar-refractivity contribution < 1.29 is 9.90 Å². The summed E-state index contributed by atoms with van der Waals surface area (Å²) < 4.78 is 2.26. The molecule has 2 fully saturated rings. The Hall–Kier alpha value is -1.63. The van der Waals surface area contributed by atoms with Gasteiger partial charge < -0.3 is 15.3 Å². The first kappa shape index (κ1) is 17.2. The first-order valence-corrected chi connectivity index (χ1v) is 9.06. The largest absolute Gasteiger partial charge is 0.393 e. The number of hydrogen-bond acceptors (Lipinski definition) is 5. The molecule has 0 spiro atoms. The topological polar surface area (TPSA) is 83.3 Å². The van der Waals surface area contributed by atoms with Crippen molar-refractivity contribution in [1.29, 1.82) is 0 Å². The second-order valence-electron chi connectivity index (χ2n) is 7.36. The van der Waals surface area contributed by atoms with Crippen molar-refractivity contribution in [2.45, 2.75) is 58.1 Å². The molecule has 1 heterocycles. The van der Waals surface area contributed by atoms with E-state index in [1.807, 2.05) is 7.05 Å². The summed E-state index contributed by atoms with van der Waals surface area (Å²) in [6.07, 6.45) is 3.72. The SMILES string of the molecule is CCN(C)c1nnc([C@H]2C[C@H](CNC(C)=O)[C@H](O)C2)n1CC1CC1. The fraction of sp³-hybridized carbons (Fsp3) is 0.824. The minimum atomic E-state index is -0.389. The molecule has 0 bridgehead atoms. The molecule has 3 rings (SSSR count). The third-order valence-corrected chi connectivity index (χ3v) is 5.35. The van der Waals surface area contributed by atoms with Gasteiger partial charge in [-0.1, -0.05) is 0 Å². The first-order chi connectivity index (χ1) is 11.5. The molecule has 1 amide bonds. The van der Waals surface area contributed by atoms with Crippen LogP contribution in [0.4, 0.5) is 5.95 Å². The van der Waals surface area contributed by atoms with Crippen LogP contribution in [0.5, 0.6) is 0 Å². The number of carbonyl (C=O) groups excluding carboxylic acids is 1. The third kappa shape index (κ3) is 3.71. The number of aliphatic hydroxyl groups is 1. The Balaban J connectivity index is 1.76. The van der Waals surface area contributed by atoms with Crippen LogP contribution in [-0.2, 0) is 11.3 Å². The molecule has 3 atom stereocenters. The van der Waals surface area contributed by atoms with Crippen molar-refractivity contribution in [3.8, 4) is 0 Å². The summed E-state index contributed by atoms with van der Waals surface area (Å²) in [4.78, 5) is 13.3. The van der Waals surface area contributed by atoms with E-state index >= 15 is 0 Å². The monoisotopic (exact) mass is 335 g/mol. The van der Waals surface area contributed by atoms with Crippen LogP contribution < -0.4 is 10.2 Å². The van der Waals surface area contributed by atoms with Gasteiger partial charge in [-0.2, -0.15) is 0 Å². The van der Waals surface area contributed by atoms with E-state index in [0.29, 0.717) is 13.0 Å². The molecule has 1 aromatic heterocycles. The number of nitrogens with zero attached hydrogens (tertiary/aromatic N) is 4. The molecule has 24 heavy (non-hydrogen) atoms. The van der Waals surface area contributed by atoms with Crippen LogP contribution in [0.25, 0.3) is 0 Å². The Morgan fingerprint density at radius 1 is 1.38 bits per heavy atom. The van der Waals surface area contributed by atoms with E-state index in [9.17, 15) is 9.90 Å². The zero-order valence-corrected chi connectivity index (χ0v) is 14.9. The van der Waals surface area contributed by atoms with E-state index in [4.69, 9.17) is 0 Å². The highest BCUT2D eigenvalue weighted by atomic mass is 16.3. The lowest BCUT2D eigenvalue weighted by Crippen LogP contribution is -2.30. The maximum Gasteiger partial charge on any atom is 0.226 e. The van der Waals surface area contributed by atoms with Crippen LogP contribution >= 0.6 is 0 Å². The van der Waals surface area contributed by atoms with Crippen LogP contribution in [-0.4, -0.2) is 52.0 Å². The predicted octanol–water partition coefficient (Wildman–Crippen LogP) is 1.13. The normalized spacial score (nSPS) is 26.6. The van der Waals surface area contributed by atoms with Gasteiger partial charge in [0.2, 0.25) is 11.9 Å². The van der Waals surface area contributed by atoms with Crippen LogP contribution in [0, 0.1) is 11.8 Å². The van der Waals surface area contributed by atoms with Gasteiger partial charge in [0.25, 0.3) is 0 Å². The molecular formula is C17H29N5O2. The van der Waals surface area contributed by atoms with Gasteiger partial charge in [-0.25, -0.2) is 0 Å². The lowest BCUT2D eigenvalue weighted by molar-refractivity contribution is -0.119. The summed E-state index contributed by atoms with van der Waals surface area (Å²) in [6, 6.07) is 0. The van der Waals surface area contributed by atoms with Crippen LogP contribution in [0.2, 0.25) is 0 Å². The smallest absolute Gasteiger partial charge is 0.226 e. The van der Waals surface area contributed by atoms with Crippen molar-refractivity contribution in [2.75, 3.05) is 25.0 Å². The minimum absolute atomic E-state index is 0.0468. The molecule has 1 aromatic rings. The molecule has 2 aliphatic rings. The van der Waals surface area contributed by atoms with Gasteiger partial charge in [-0.05, 0) is 38.5 Å². The molecular weight excluding hydrogens is 306 g/mol. The third-order valence-electron chi connectivity index (χ3n) is 5.35. The maximum absolute atomic E-state index is 11.1. The van der Waals surface area contributed by atoms with Crippen LogP contribution in [0.3, 0.4) is 0 Å². The summed E-state index contributed by atoms with van der Waals surface area (Å²) >= 11 is 0. The second-order valence-corrected chi connectivity index (χ2v) is 7.36. The lowest BCUT2D eigenvalue weighted by Gasteiger charge is -2.19. The van der Waals surface area contributed by atoms with Crippen LogP contribution in [0.1, 0.15) is 51.3 Å². The van der Waals surface area contributed by atoms with E-state index in [1.165, 1.54) is 19.8 Å². The molecule has 7 heteroatoms. The van der Waals surface area contributed by atoms with Gasteiger partial charge in [0.1, 0.15) is 5.82 Å². The van der Waals surface area contributed by atoms with E-state index in [-0.39, 0.29) is 23.8 Å². The number of anilines is 1. The number of aliphatic hydroxyl groups excluding tert-OH is 1. The zero-order valence-electron chi connectivity index (χ0n) is 14.9. The highest BCUT2D eigenvalue weighted by molar-refractivity contribution is 5.72. The minimum Gasteiger partial charge on any atom is -0.393 e. The van der Waals surface area contributed by atoms with Gasteiger partial charge in [-0.15, -0.1) is 10.2 Å². The van der Waals surface area contributed by atoms with Crippen molar-refractivity contribution in [3.63, 3.8) is 0 Å². The average Bonchev–Trinajstić information content (AvgIpc) is 3.15. The molecule has 0 aliphatic heterocycles. The van der Waals surface area contributed by atoms with E-state index in [0.717, 1.165) is 37.2 Å². The second kappa shape index (κ2) is 7.09. The predicted molar refractivity (Wildman–Crippen MR) is 91.8 cm³/mol. The van der Waals surface area contributed by atoms with Gasteiger partial charge in [0, 0.05) is 45.4 Å². The fourth-order valence-corrected chi connectivity index (χ4v) is 3.57. The summed E-state index contributed by atoms with van der Waals surface area (Å²) in [5.41, 5.74) is 0. The van der Waals surface area contributed by atoms with E-state index in [2.05, 4.69) is 31.9 Å². The summed E-state index contributed by atoms with van der Waals surface area (Å²) in [5, 5.41) is 22.1. The molecule has 0 aromatic carbocycles. The number of rotatable bonds is 7. The van der Waals surface area contributed by atoms with Crippen molar-refractivity contribution >= 4 is 11.9 Å². The molecule has 0 unspecified atom stereocenters. The average molecular weight is 335 g/mol. The Morgan fingerprint density at radius 2 is 2.12 bits per heavy atom. The summed E-state index contributed by atoms with van der Waals surface area (Å²) in [6.45, 7) is 6.02. The Kier molecular flexibility index (Phi) is 5.08. The van der Waals surface area contributed by atoms with Crippen molar-refractivity contribution in [2.24, 2.45) is 11.8 Å². The standard InChI is InChI=1S/C17H29N5O2/c1-4-21(3)17-20-19-16(22(17)10-12-5-6-12)13-7-14(15(24)8-13)9-18-11(2)23/h12-15,24H,4-10H2,1-3H3,(H,18,23)/t13-,14+,15+/m0/s1. The number of nitrogens with one attached hydrogen (secondary N) is 1. The number of amides is 1. The zero-order chi connectivity index (χ0) is 17.3. The quantitative estimate of drug-likeness (QED) is 0.780. The molecule has 2 N–H and O–H groups in total. The number of carbonyl (C=O) groups is 1. The number of hydrogen-bond donors (Lipinski definition) is 2. The Bertz CT molecular complexity index is 584. The van der Waals surface area contributed by atoms with E-state index < -0.39 is 0 Å². The van der Waals surface area contributed by atoms with E-state index in [1.54, 1.807) is 0 Å². The first-order valence-electron chi connectivity index (χ1n) is 9.06. The summed E-state index contributed by atoms with van der Waals surface area (Å²) in [5.74, 6) is 2.93. The van der Waals surface area contributed by atoms with Crippen LogP contribution in [0.15, 0.2) is 0 Å². The summed E-state index contributed by atoms with van der Waals surface area (Å²) in [7, 11) is 2.04. The maximum atomic E-state index is 11.1. The Morgan fingerprint density at radius 3 is 2.75 bits per heavy atom. The van der Waals surface area contributed by atoms with Crippen molar-refractivity contribution in [3.05, 3.63) is 5.82 Å². The van der Waals surface area contributed by atoms with Gasteiger partial charge in [0.15, 0.2) is 0 Å². The molecule has 0 radical (unpaired) electrons. The molecule has 7 nitrogen and oxygen atoms in total. The van der Waals surface area contributed by atoms with Gasteiger partial charge in [0.05, 0.1) is 6.10 Å². The molecule has 2 aliphatic carbocycles. The molecule has 0 saturated heterocycles. The highest BCUT2D eigenvalue weighted by Gasteiger charge is 2.37. The van der Waals surface area contributed by atoms with Gasteiger partial charge in [-0.3, -0.25) is 9.36 Å². The molecule has 134 valence electrons. The van der Waals surface area contributed by atoms with Crippen molar-refractivity contribution in [1.82, 2.24) is 20.1 Å². The molecule has 2 saturated carbocycles. The number of aromatic nitrogens is 3. The Labute approximate surface area is 143 Å². The lowest BCUT2D eigenvalue weighted by atomic mass is 10.0.